The number of hydrogen-bond donors (Lipinski definition) is 2. The molecule has 2 aromatic rings. The predicted octanol–water partition coefficient (Wildman–Crippen LogP) is 3.27. The van der Waals surface area contributed by atoms with Crippen molar-refractivity contribution in [2.75, 3.05) is 0 Å². The van der Waals surface area contributed by atoms with Crippen LogP contribution in [0.25, 0.3) is 11.3 Å². The van der Waals surface area contributed by atoms with Gasteiger partial charge in [0.2, 0.25) is 0 Å². The number of benzene rings is 1. The molecule has 0 aliphatic heterocycles. The van der Waals surface area contributed by atoms with Gasteiger partial charge in [0.05, 0.1) is 5.69 Å². The number of carboxylic acid groups (broad SMARTS) is 1. The van der Waals surface area contributed by atoms with Crippen molar-refractivity contribution in [2.45, 2.75) is 12.1 Å². The number of aliphatic carboxylic acids is 1. The van der Waals surface area contributed by atoms with Gasteiger partial charge in [-0.15, -0.1) is 0 Å². The topological polar surface area (TPSA) is 66.0 Å². The molecule has 2 rings (SSSR count). The number of rotatable bonds is 3. The highest BCUT2D eigenvalue weighted by atomic mass is 19.4. The molecule has 0 saturated carbocycles. The van der Waals surface area contributed by atoms with Crippen molar-refractivity contribution in [2.24, 2.45) is 0 Å². The Labute approximate surface area is 114 Å². The average molecular weight is 306 g/mol. The quantitative estimate of drug-likeness (QED) is 0.855. The van der Waals surface area contributed by atoms with E-state index in [0.717, 1.165) is 30.3 Å². The molecule has 0 radical (unpaired) electrons. The van der Waals surface area contributed by atoms with Crippen LogP contribution in [0.1, 0.15) is 11.3 Å². The molecule has 2 N–H and O–H groups in total. The molecule has 0 unspecified atom stereocenters. The normalized spacial score (nSPS) is 12.4. The number of aromatic amines is 1. The molecule has 112 valence electrons. The minimum absolute atomic E-state index is 0.0903. The van der Waals surface area contributed by atoms with Crippen LogP contribution in [0.15, 0.2) is 30.3 Å². The van der Waals surface area contributed by atoms with Gasteiger partial charge in [-0.3, -0.25) is 5.10 Å². The Bertz CT molecular complexity index is 661. The molecule has 0 amide bonds. The minimum Gasteiger partial charge on any atom is -0.477 e. The highest BCUT2D eigenvalue weighted by molar-refractivity contribution is 5.77. The van der Waals surface area contributed by atoms with Crippen molar-refractivity contribution in [1.82, 2.24) is 10.2 Å². The zero-order valence-corrected chi connectivity index (χ0v) is 10.1. The molecule has 0 saturated heterocycles. The van der Waals surface area contributed by atoms with Gasteiger partial charge in [0.1, 0.15) is 5.69 Å². The maximum atomic E-state index is 13.2. The van der Waals surface area contributed by atoms with Crippen molar-refractivity contribution >= 4 is 5.97 Å². The van der Waals surface area contributed by atoms with E-state index in [2.05, 4.69) is 5.10 Å². The Balaban J connectivity index is 2.32. The second-order valence-corrected chi connectivity index (χ2v) is 4.12. The fourth-order valence-corrected chi connectivity index (χ4v) is 1.59. The van der Waals surface area contributed by atoms with Crippen molar-refractivity contribution < 1.29 is 31.9 Å². The number of carboxylic acids is 1. The highest BCUT2D eigenvalue weighted by Gasteiger charge is 2.41. The van der Waals surface area contributed by atoms with Gasteiger partial charge in [0.25, 0.3) is 0 Å². The zero-order chi connectivity index (χ0) is 15.8. The number of alkyl halides is 5. The van der Waals surface area contributed by atoms with Crippen molar-refractivity contribution in [3.05, 3.63) is 41.6 Å². The molecule has 1 heterocycles. The summed E-state index contributed by atoms with van der Waals surface area (Å²) in [6.45, 7) is 0. The Morgan fingerprint density at radius 3 is 2.10 bits per heavy atom. The smallest absolute Gasteiger partial charge is 0.432 e. The van der Waals surface area contributed by atoms with Gasteiger partial charge in [-0.05, 0) is 6.07 Å². The van der Waals surface area contributed by atoms with Crippen LogP contribution in [0.2, 0.25) is 0 Å². The number of halogens is 5. The first kappa shape index (κ1) is 14.9. The summed E-state index contributed by atoms with van der Waals surface area (Å²) < 4.78 is 63.6. The van der Waals surface area contributed by atoms with Gasteiger partial charge in [0, 0.05) is 11.1 Å². The molecule has 0 atom stereocenters. The first-order chi connectivity index (χ1) is 9.62. The standard InChI is InChI=1S/C12H7F5N2O2/c13-11(14,10(20)21)7-3-1-6(2-4-7)8-5-9(19-18-8)12(15,16)17/h1-5H,(H,18,19)(H,20,21). The molecule has 1 aromatic heterocycles. The molecule has 0 fully saturated rings. The predicted molar refractivity (Wildman–Crippen MR) is 60.6 cm³/mol. The van der Waals surface area contributed by atoms with E-state index >= 15 is 0 Å². The molecule has 0 aliphatic carbocycles. The van der Waals surface area contributed by atoms with E-state index in [0.29, 0.717) is 0 Å². The molecule has 21 heavy (non-hydrogen) atoms. The Morgan fingerprint density at radius 2 is 1.67 bits per heavy atom. The van der Waals surface area contributed by atoms with Crippen LogP contribution in [0.4, 0.5) is 22.0 Å². The summed E-state index contributed by atoms with van der Waals surface area (Å²) in [4.78, 5) is 10.4. The fourth-order valence-electron chi connectivity index (χ4n) is 1.59. The van der Waals surface area contributed by atoms with Crippen LogP contribution < -0.4 is 0 Å². The lowest BCUT2D eigenvalue weighted by atomic mass is 10.0. The summed E-state index contributed by atoms with van der Waals surface area (Å²) in [6, 6.07) is 4.52. The number of hydrogen-bond acceptors (Lipinski definition) is 2. The van der Waals surface area contributed by atoms with Crippen molar-refractivity contribution in [3.63, 3.8) is 0 Å². The Morgan fingerprint density at radius 1 is 1.10 bits per heavy atom. The summed E-state index contributed by atoms with van der Waals surface area (Å²) in [5.41, 5.74) is -1.79. The molecular formula is C12H7F5N2O2. The number of carbonyl (C=O) groups is 1. The van der Waals surface area contributed by atoms with Crippen molar-refractivity contribution in [3.8, 4) is 11.3 Å². The lowest BCUT2D eigenvalue weighted by Gasteiger charge is -2.11. The number of nitrogens with zero attached hydrogens (tertiary/aromatic N) is 1. The third-order valence-electron chi connectivity index (χ3n) is 2.70. The van der Waals surface area contributed by atoms with E-state index in [9.17, 15) is 26.7 Å². The third-order valence-corrected chi connectivity index (χ3v) is 2.70. The summed E-state index contributed by atoms with van der Waals surface area (Å²) in [5, 5.41) is 13.6. The van der Waals surface area contributed by atoms with Crippen LogP contribution in [-0.2, 0) is 16.9 Å². The molecule has 1 aromatic carbocycles. The van der Waals surface area contributed by atoms with E-state index in [1.54, 1.807) is 5.10 Å². The molecule has 0 aliphatic rings. The SMILES string of the molecule is O=C(O)C(F)(F)c1ccc(-c2cc(C(F)(F)F)[nH]n2)cc1. The Kier molecular flexibility index (Phi) is 3.44. The second kappa shape index (κ2) is 4.83. The minimum atomic E-state index is -4.60. The van der Waals surface area contributed by atoms with Crippen LogP contribution in [0.3, 0.4) is 0 Å². The van der Waals surface area contributed by atoms with Gasteiger partial charge in [-0.25, -0.2) is 4.79 Å². The lowest BCUT2D eigenvalue weighted by molar-refractivity contribution is -0.166. The maximum Gasteiger partial charge on any atom is 0.432 e. The summed E-state index contributed by atoms with van der Waals surface area (Å²) in [5.74, 6) is -6.38. The first-order valence-corrected chi connectivity index (χ1v) is 5.47. The maximum absolute atomic E-state index is 13.2. The second-order valence-electron chi connectivity index (χ2n) is 4.12. The van der Waals surface area contributed by atoms with Crippen LogP contribution >= 0.6 is 0 Å². The average Bonchev–Trinajstić information content (AvgIpc) is 2.88. The fraction of sp³-hybridized carbons (Fsp3) is 0.167. The number of H-pyrrole nitrogens is 1. The molecule has 4 nitrogen and oxygen atoms in total. The molecule has 0 bridgehead atoms. The third kappa shape index (κ3) is 2.86. The molecular weight excluding hydrogens is 299 g/mol. The molecule has 9 heteroatoms. The monoisotopic (exact) mass is 306 g/mol. The van der Waals surface area contributed by atoms with Gasteiger partial charge in [-0.1, -0.05) is 24.3 Å². The summed E-state index contributed by atoms with van der Waals surface area (Å²) >= 11 is 0. The zero-order valence-electron chi connectivity index (χ0n) is 10.1. The Hall–Kier alpha value is -2.45. The number of aromatic nitrogens is 2. The van der Waals surface area contributed by atoms with E-state index < -0.39 is 29.3 Å². The summed E-state index contributed by atoms with van der Waals surface area (Å²) in [7, 11) is 0. The van der Waals surface area contributed by atoms with Crippen molar-refractivity contribution in [1.29, 1.82) is 0 Å². The van der Waals surface area contributed by atoms with E-state index in [1.807, 2.05) is 0 Å². The van der Waals surface area contributed by atoms with Gasteiger partial charge >= 0.3 is 18.1 Å². The summed E-state index contributed by atoms with van der Waals surface area (Å²) in [6.07, 6.45) is -4.60. The largest absolute Gasteiger partial charge is 0.477 e. The molecule has 0 spiro atoms. The van der Waals surface area contributed by atoms with E-state index in [-0.39, 0.29) is 11.3 Å². The van der Waals surface area contributed by atoms with E-state index in [4.69, 9.17) is 5.11 Å². The first-order valence-electron chi connectivity index (χ1n) is 5.47. The van der Waals surface area contributed by atoms with E-state index in [1.165, 1.54) is 0 Å². The van der Waals surface area contributed by atoms with Gasteiger partial charge in [0.15, 0.2) is 0 Å². The lowest BCUT2D eigenvalue weighted by Crippen LogP contribution is -2.25. The van der Waals surface area contributed by atoms with Gasteiger partial charge in [-0.2, -0.15) is 27.1 Å². The van der Waals surface area contributed by atoms with Gasteiger partial charge < -0.3 is 5.11 Å². The highest BCUT2D eigenvalue weighted by Crippen LogP contribution is 2.32. The van der Waals surface area contributed by atoms with Crippen LogP contribution in [0, 0.1) is 0 Å². The van der Waals surface area contributed by atoms with Crippen LogP contribution in [-0.4, -0.2) is 21.3 Å². The van der Waals surface area contributed by atoms with Crippen LogP contribution in [0.5, 0.6) is 0 Å². The number of nitrogens with one attached hydrogen (secondary N) is 1.